The van der Waals surface area contributed by atoms with Crippen LogP contribution in [0, 0.1) is 0 Å². The fourth-order valence-corrected chi connectivity index (χ4v) is 1.59. The third-order valence-electron chi connectivity index (χ3n) is 1.46. The number of carbonyl (C=O) groups excluding carboxylic acids is 2. The molecular formula is C8H10N2O3S. The van der Waals surface area contributed by atoms with E-state index in [1.54, 1.807) is 18.5 Å². The van der Waals surface area contributed by atoms with E-state index in [0.29, 0.717) is 11.4 Å². The van der Waals surface area contributed by atoms with Gasteiger partial charge in [0.1, 0.15) is 5.01 Å². The summed E-state index contributed by atoms with van der Waals surface area (Å²) in [6.45, 7) is 1.99. The van der Waals surface area contributed by atoms with E-state index in [4.69, 9.17) is 4.74 Å². The van der Waals surface area contributed by atoms with Gasteiger partial charge in [-0.3, -0.25) is 4.79 Å². The van der Waals surface area contributed by atoms with Crippen molar-refractivity contribution in [3.8, 4) is 0 Å². The van der Waals surface area contributed by atoms with Crippen LogP contribution in [0.1, 0.15) is 18.0 Å². The number of esters is 1. The Balaban J connectivity index is 2.73. The highest BCUT2D eigenvalue weighted by molar-refractivity contribution is 7.09. The van der Waals surface area contributed by atoms with Crippen molar-refractivity contribution in [1.82, 2.24) is 10.3 Å². The third kappa shape index (κ3) is 2.53. The van der Waals surface area contributed by atoms with Gasteiger partial charge in [0.15, 0.2) is 6.04 Å². The van der Waals surface area contributed by atoms with Crippen LogP contribution in [0.15, 0.2) is 11.6 Å². The number of thiazole rings is 1. The smallest absolute Gasteiger partial charge is 0.335 e. The second-order valence-electron chi connectivity index (χ2n) is 2.34. The summed E-state index contributed by atoms with van der Waals surface area (Å²) in [5.41, 5.74) is 0. The molecule has 0 bridgehead atoms. The Morgan fingerprint density at radius 3 is 3.14 bits per heavy atom. The van der Waals surface area contributed by atoms with E-state index in [1.807, 2.05) is 0 Å². The number of nitrogens with zero attached hydrogens (tertiary/aromatic N) is 1. The summed E-state index contributed by atoms with van der Waals surface area (Å²) in [5, 5.41) is 4.62. The molecule has 1 heterocycles. The first-order chi connectivity index (χ1) is 6.79. The first kappa shape index (κ1) is 10.6. The molecule has 1 unspecified atom stereocenters. The highest BCUT2D eigenvalue weighted by Crippen LogP contribution is 2.16. The Bertz CT molecular complexity index is 300. The van der Waals surface area contributed by atoms with E-state index in [9.17, 15) is 9.59 Å². The van der Waals surface area contributed by atoms with Crippen molar-refractivity contribution < 1.29 is 14.3 Å². The lowest BCUT2D eigenvalue weighted by atomic mass is 10.3. The summed E-state index contributed by atoms with van der Waals surface area (Å²) >= 11 is 1.29. The van der Waals surface area contributed by atoms with Gasteiger partial charge in [-0.1, -0.05) is 0 Å². The lowest BCUT2D eigenvalue weighted by Gasteiger charge is -2.11. The van der Waals surface area contributed by atoms with Crippen molar-refractivity contribution in [2.45, 2.75) is 13.0 Å². The maximum Gasteiger partial charge on any atom is 0.335 e. The molecule has 1 amide bonds. The molecule has 0 fully saturated rings. The van der Waals surface area contributed by atoms with Gasteiger partial charge in [-0.05, 0) is 6.92 Å². The van der Waals surface area contributed by atoms with Crippen LogP contribution in [0.4, 0.5) is 0 Å². The molecule has 1 aromatic heterocycles. The predicted octanol–water partition coefficient (Wildman–Crippen LogP) is 0.493. The fourth-order valence-electron chi connectivity index (χ4n) is 0.911. The van der Waals surface area contributed by atoms with Crippen LogP contribution < -0.4 is 5.32 Å². The van der Waals surface area contributed by atoms with Gasteiger partial charge in [0, 0.05) is 11.6 Å². The zero-order chi connectivity index (χ0) is 10.4. The summed E-state index contributed by atoms with van der Waals surface area (Å²) in [5.74, 6) is -0.491. The number of ether oxygens (including phenoxy) is 1. The van der Waals surface area contributed by atoms with Crippen LogP contribution in [-0.4, -0.2) is 24.0 Å². The molecule has 1 aromatic rings. The van der Waals surface area contributed by atoms with Gasteiger partial charge in [-0.2, -0.15) is 0 Å². The Kier molecular flexibility index (Phi) is 4.06. The minimum Gasteiger partial charge on any atom is -0.464 e. The summed E-state index contributed by atoms with van der Waals surface area (Å²) < 4.78 is 4.79. The molecule has 6 heteroatoms. The van der Waals surface area contributed by atoms with Gasteiger partial charge in [0.25, 0.3) is 0 Å². The van der Waals surface area contributed by atoms with Crippen LogP contribution in [0.5, 0.6) is 0 Å². The summed E-state index contributed by atoms with van der Waals surface area (Å²) in [6, 6.07) is -0.785. The van der Waals surface area contributed by atoms with E-state index in [1.165, 1.54) is 11.3 Å². The van der Waals surface area contributed by atoms with Gasteiger partial charge in [0.05, 0.1) is 6.61 Å². The van der Waals surface area contributed by atoms with Crippen molar-refractivity contribution in [3.05, 3.63) is 16.6 Å². The molecule has 1 atom stereocenters. The van der Waals surface area contributed by atoms with Crippen LogP contribution >= 0.6 is 11.3 Å². The Hall–Kier alpha value is -1.43. The molecule has 5 nitrogen and oxygen atoms in total. The van der Waals surface area contributed by atoms with E-state index in [-0.39, 0.29) is 6.61 Å². The molecule has 0 aliphatic heterocycles. The number of hydrogen-bond donors (Lipinski definition) is 1. The number of nitrogens with one attached hydrogen (secondary N) is 1. The predicted molar refractivity (Wildman–Crippen MR) is 50.7 cm³/mol. The molecule has 0 saturated heterocycles. The molecule has 0 aromatic carbocycles. The van der Waals surface area contributed by atoms with E-state index < -0.39 is 12.0 Å². The third-order valence-corrected chi connectivity index (χ3v) is 2.30. The number of amides is 1. The molecule has 0 radical (unpaired) electrons. The Labute approximate surface area is 85.1 Å². The summed E-state index contributed by atoms with van der Waals surface area (Å²) in [4.78, 5) is 25.6. The van der Waals surface area contributed by atoms with Crippen LogP contribution in [0.3, 0.4) is 0 Å². The maximum atomic E-state index is 11.4. The Morgan fingerprint density at radius 1 is 1.86 bits per heavy atom. The van der Waals surface area contributed by atoms with E-state index >= 15 is 0 Å². The standard InChI is InChI=1S/C8H10N2O3S/c1-2-13-8(12)6(10-5-11)7-9-3-4-14-7/h3-6H,2H2,1H3,(H,10,11). The highest BCUT2D eigenvalue weighted by atomic mass is 32.1. The van der Waals surface area contributed by atoms with Gasteiger partial charge in [0.2, 0.25) is 6.41 Å². The van der Waals surface area contributed by atoms with Crippen LogP contribution in [0.2, 0.25) is 0 Å². The topological polar surface area (TPSA) is 68.3 Å². The van der Waals surface area contributed by atoms with Crippen molar-refractivity contribution >= 4 is 23.7 Å². The van der Waals surface area contributed by atoms with E-state index in [2.05, 4.69) is 10.3 Å². The molecule has 0 spiro atoms. The van der Waals surface area contributed by atoms with Gasteiger partial charge in [-0.25, -0.2) is 9.78 Å². The SMILES string of the molecule is CCOC(=O)C(NC=O)c1nccs1. The average Bonchev–Trinajstić information content (AvgIpc) is 2.67. The van der Waals surface area contributed by atoms with Crippen molar-refractivity contribution in [2.75, 3.05) is 6.61 Å². The zero-order valence-corrected chi connectivity index (χ0v) is 8.41. The molecule has 1 rings (SSSR count). The molecule has 0 aliphatic carbocycles. The van der Waals surface area contributed by atoms with Gasteiger partial charge < -0.3 is 10.1 Å². The largest absolute Gasteiger partial charge is 0.464 e. The molecular weight excluding hydrogens is 204 g/mol. The van der Waals surface area contributed by atoms with E-state index in [0.717, 1.165) is 0 Å². The fraction of sp³-hybridized carbons (Fsp3) is 0.375. The van der Waals surface area contributed by atoms with Crippen molar-refractivity contribution in [3.63, 3.8) is 0 Å². The van der Waals surface area contributed by atoms with Gasteiger partial charge >= 0.3 is 5.97 Å². The number of hydrogen-bond acceptors (Lipinski definition) is 5. The first-order valence-corrected chi connectivity index (χ1v) is 4.93. The second kappa shape index (κ2) is 5.33. The molecule has 76 valence electrons. The minimum absolute atomic E-state index is 0.279. The Morgan fingerprint density at radius 2 is 2.64 bits per heavy atom. The molecule has 14 heavy (non-hydrogen) atoms. The summed E-state index contributed by atoms with van der Waals surface area (Å²) in [7, 11) is 0. The molecule has 0 aliphatic rings. The number of carbonyl (C=O) groups is 2. The lowest BCUT2D eigenvalue weighted by Crippen LogP contribution is -2.29. The average molecular weight is 214 g/mol. The molecule has 1 N–H and O–H groups in total. The summed E-state index contributed by atoms with van der Waals surface area (Å²) in [6.07, 6.45) is 2.03. The highest BCUT2D eigenvalue weighted by Gasteiger charge is 2.23. The maximum absolute atomic E-state index is 11.4. The number of aromatic nitrogens is 1. The zero-order valence-electron chi connectivity index (χ0n) is 7.60. The lowest BCUT2D eigenvalue weighted by molar-refractivity contribution is -0.146. The monoisotopic (exact) mass is 214 g/mol. The second-order valence-corrected chi connectivity index (χ2v) is 3.27. The first-order valence-electron chi connectivity index (χ1n) is 4.05. The number of rotatable bonds is 5. The molecule has 0 saturated carbocycles. The van der Waals surface area contributed by atoms with Gasteiger partial charge in [-0.15, -0.1) is 11.3 Å². The van der Waals surface area contributed by atoms with Crippen molar-refractivity contribution in [2.24, 2.45) is 0 Å². The van der Waals surface area contributed by atoms with Crippen LogP contribution in [-0.2, 0) is 14.3 Å². The van der Waals surface area contributed by atoms with Crippen molar-refractivity contribution in [1.29, 1.82) is 0 Å². The van der Waals surface area contributed by atoms with Crippen LogP contribution in [0.25, 0.3) is 0 Å². The quantitative estimate of drug-likeness (QED) is 0.572. The minimum atomic E-state index is -0.785. The normalized spacial score (nSPS) is 11.8.